The second kappa shape index (κ2) is 3.88. The molecule has 0 aromatic carbocycles. The Balaban J connectivity index is 2.62. The van der Waals surface area contributed by atoms with E-state index in [-0.39, 0.29) is 6.61 Å². The first-order valence-electron chi connectivity index (χ1n) is 3.53. The Kier molecular flexibility index (Phi) is 3.08. The lowest BCUT2D eigenvalue weighted by Gasteiger charge is -1.92. The molecule has 1 heterocycles. The van der Waals surface area contributed by atoms with Gasteiger partial charge in [-0.15, -0.1) is 0 Å². The van der Waals surface area contributed by atoms with Crippen molar-refractivity contribution < 1.29 is 5.11 Å². The van der Waals surface area contributed by atoms with Gasteiger partial charge in [-0.3, -0.25) is 4.68 Å². The first kappa shape index (κ1) is 8.74. The molecule has 1 rings (SSSR count). The standard InChI is InChI=1S/C7H11BrN2O/c1-10-5-6(3-2-4-11)7(8)9-10/h5,11H,2-4H2,1H3. The van der Waals surface area contributed by atoms with E-state index in [0.29, 0.717) is 0 Å². The van der Waals surface area contributed by atoms with Crippen molar-refractivity contribution in [3.63, 3.8) is 0 Å². The summed E-state index contributed by atoms with van der Waals surface area (Å²) in [6.45, 7) is 0.237. The van der Waals surface area contributed by atoms with Crippen LogP contribution in [0.1, 0.15) is 12.0 Å². The number of aliphatic hydroxyl groups excluding tert-OH is 1. The molecule has 0 amide bonds. The number of rotatable bonds is 3. The van der Waals surface area contributed by atoms with Gasteiger partial charge in [0.15, 0.2) is 0 Å². The van der Waals surface area contributed by atoms with Gasteiger partial charge in [-0.05, 0) is 28.8 Å². The van der Waals surface area contributed by atoms with E-state index in [1.165, 1.54) is 0 Å². The fourth-order valence-corrected chi connectivity index (χ4v) is 1.50. The highest BCUT2D eigenvalue weighted by Gasteiger charge is 2.02. The van der Waals surface area contributed by atoms with Crippen LogP contribution in [0.25, 0.3) is 0 Å². The minimum absolute atomic E-state index is 0.237. The van der Waals surface area contributed by atoms with E-state index >= 15 is 0 Å². The molecular weight excluding hydrogens is 208 g/mol. The second-order valence-corrected chi connectivity index (χ2v) is 3.20. The van der Waals surface area contributed by atoms with Crippen LogP contribution in [-0.4, -0.2) is 21.5 Å². The minimum atomic E-state index is 0.237. The van der Waals surface area contributed by atoms with Crippen LogP contribution in [0, 0.1) is 0 Å². The largest absolute Gasteiger partial charge is 0.396 e. The van der Waals surface area contributed by atoms with Crippen LogP contribution in [0.15, 0.2) is 10.8 Å². The molecule has 0 unspecified atom stereocenters. The van der Waals surface area contributed by atoms with Crippen LogP contribution in [0.2, 0.25) is 0 Å². The van der Waals surface area contributed by atoms with Crippen molar-refractivity contribution in [2.45, 2.75) is 12.8 Å². The number of halogens is 1. The number of nitrogens with zero attached hydrogens (tertiary/aromatic N) is 2. The molecule has 1 N–H and O–H groups in total. The highest BCUT2D eigenvalue weighted by Crippen LogP contribution is 2.14. The van der Waals surface area contributed by atoms with Crippen molar-refractivity contribution in [2.75, 3.05) is 6.61 Å². The van der Waals surface area contributed by atoms with E-state index in [4.69, 9.17) is 5.11 Å². The Labute approximate surface area is 74.2 Å². The van der Waals surface area contributed by atoms with Gasteiger partial charge in [0.25, 0.3) is 0 Å². The van der Waals surface area contributed by atoms with Gasteiger partial charge in [0, 0.05) is 25.4 Å². The molecule has 0 aliphatic heterocycles. The number of aliphatic hydroxyl groups is 1. The number of hydrogen-bond donors (Lipinski definition) is 1. The molecule has 0 saturated carbocycles. The van der Waals surface area contributed by atoms with Crippen molar-refractivity contribution in [3.8, 4) is 0 Å². The summed E-state index contributed by atoms with van der Waals surface area (Å²) in [5.74, 6) is 0. The van der Waals surface area contributed by atoms with Crippen molar-refractivity contribution in [3.05, 3.63) is 16.4 Å². The molecule has 0 bridgehead atoms. The normalized spacial score (nSPS) is 10.5. The summed E-state index contributed by atoms with van der Waals surface area (Å²) >= 11 is 3.33. The zero-order chi connectivity index (χ0) is 8.27. The average molecular weight is 219 g/mol. The van der Waals surface area contributed by atoms with E-state index in [2.05, 4.69) is 21.0 Å². The molecule has 4 heteroatoms. The molecule has 0 aliphatic rings. The summed E-state index contributed by atoms with van der Waals surface area (Å²) < 4.78 is 2.64. The maximum absolute atomic E-state index is 8.58. The SMILES string of the molecule is Cn1cc(CCCO)c(Br)n1. The monoisotopic (exact) mass is 218 g/mol. The molecule has 62 valence electrons. The summed E-state index contributed by atoms with van der Waals surface area (Å²) in [4.78, 5) is 0. The van der Waals surface area contributed by atoms with Crippen molar-refractivity contribution in [2.24, 2.45) is 7.05 Å². The fraction of sp³-hybridized carbons (Fsp3) is 0.571. The minimum Gasteiger partial charge on any atom is -0.396 e. The number of aromatic nitrogens is 2. The lowest BCUT2D eigenvalue weighted by molar-refractivity contribution is 0.288. The van der Waals surface area contributed by atoms with Gasteiger partial charge in [-0.1, -0.05) is 0 Å². The molecule has 0 spiro atoms. The van der Waals surface area contributed by atoms with E-state index in [9.17, 15) is 0 Å². The van der Waals surface area contributed by atoms with E-state index in [1.54, 1.807) is 4.68 Å². The molecule has 1 aromatic rings. The molecule has 0 radical (unpaired) electrons. The maximum Gasteiger partial charge on any atom is 0.131 e. The molecule has 11 heavy (non-hydrogen) atoms. The zero-order valence-corrected chi connectivity index (χ0v) is 8.00. The van der Waals surface area contributed by atoms with Crippen molar-refractivity contribution in [1.29, 1.82) is 0 Å². The van der Waals surface area contributed by atoms with E-state index in [0.717, 1.165) is 23.0 Å². The smallest absolute Gasteiger partial charge is 0.131 e. The Morgan fingerprint density at radius 1 is 1.73 bits per heavy atom. The van der Waals surface area contributed by atoms with Gasteiger partial charge in [-0.25, -0.2) is 0 Å². The molecule has 0 saturated heterocycles. The van der Waals surface area contributed by atoms with Crippen LogP contribution in [0.5, 0.6) is 0 Å². The van der Waals surface area contributed by atoms with Crippen LogP contribution < -0.4 is 0 Å². The summed E-state index contributed by atoms with van der Waals surface area (Å²) in [5, 5.41) is 12.7. The third-order valence-electron chi connectivity index (χ3n) is 1.46. The van der Waals surface area contributed by atoms with Crippen molar-refractivity contribution in [1.82, 2.24) is 9.78 Å². The summed E-state index contributed by atoms with van der Waals surface area (Å²) in [6, 6.07) is 0. The Morgan fingerprint density at radius 2 is 2.45 bits per heavy atom. The quantitative estimate of drug-likeness (QED) is 0.826. The Hall–Kier alpha value is -0.350. The molecule has 1 aromatic heterocycles. The predicted octanol–water partition coefficient (Wildman–Crippen LogP) is 1.11. The van der Waals surface area contributed by atoms with Gasteiger partial charge in [-0.2, -0.15) is 5.10 Å². The van der Waals surface area contributed by atoms with Gasteiger partial charge < -0.3 is 5.11 Å². The highest BCUT2D eigenvalue weighted by atomic mass is 79.9. The zero-order valence-electron chi connectivity index (χ0n) is 6.42. The third-order valence-corrected chi connectivity index (χ3v) is 2.13. The summed E-state index contributed by atoms with van der Waals surface area (Å²) in [6.07, 6.45) is 3.63. The number of aryl methyl sites for hydroxylation is 2. The Bertz CT molecular complexity index is 234. The predicted molar refractivity (Wildman–Crippen MR) is 46.3 cm³/mol. The van der Waals surface area contributed by atoms with Crippen LogP contribution in [0.4, 0.5) is 0 Å². The van der Waals surface area contributed by atoms with Gasteiger partial charge in [0.2, 0.25) is 0 Å². The lowest BCUT2D eigenvalue weighted by atomic mass is 10.2. The van der Waals surface area contributed by atoms with E-state index < -0.39 is 0 Å². The first-order chi connectivity index (χ1) is 5.24. The van der Waals surface area contributed by atoms with E-state index in [1.807, 2.05) is 13.2 Å². The number of hydrogen-bond acceptors (Lipinski definition) is 2. The topological polar surface area (TPSA) is 38.0 Å². The van der Waals surface area contributed by atoms with Crippen molar-refractivity contribution >= 4 is 15.9 Å². The highest BCUT2D eigenvalue weighted by molar-refractivity contribution is 9.10. The van der Waals surface area contributed by atoms with Crippen LogP contribution >= 0.6 is 15.9 Å². The fourth-order valence-electron chi connectivity index (χ4n) is 0.948. The summed E-state index contributed by atoms with van der Waals surface area (Å²) in [5.41, 5.74) is 1.15. The summed E-state index contributed by atoms with van der Waals surface area (Å²) in [7, 11) is 1.88. The molecule has 3 nitrogen and oxygen atoms in total. The van der Waals surface area contributed by atoms with Crippen LogP contribution in [0.3, 0.4) is 0 Å². The Morgan fingerprint density at radius 3 is 2.91 bits per heavy atom. The second-order valence-electron chi connectivity index (χ2n) is 2.45. The average Bonchev–Trinajstić information content (AvgIpc) is 2.26. The maximum atomic E-state index is 8.58. The third kappa shape index (κ3) is 2.31. The first-order valence-corrected chi connectivity index (χ1v) is 4.32. The van der Waals surface area contributed by atoms with Gasteiger partial charge in [0.05, 0.1) is 0 Å². The lowest BCUT2D eigenvalue weighted by Crippen LogP contribution is -1.88. The van der Waals surface area contributed by atoms with Gasteiger partial charge in [0.1, 0.15) is 4.60 Å². The molecule has 0 fully saturated rings. The van der Waals surface area contributed by atoms with Crippen LogP contribution in [-0.2, 0) is 13.5 Å². The molecule has 0 aliphatic carbocycles. The van der Waals surface area contributed by atoms with Gasteiger partial charge >= 0.3 is 0 Å². The molecule has 0 atom stereocenters. The molecular formula is C7H11BrN2O.